The number of anilines is 1. The number of hydrogen-bond acceptors (Lipinski definition) is 5. The molecule has 7 heteroatoms. The number of nitrogens with two attached hydrogens (primary N) is 1. The van der Waals surface area contributed by atoms with Gasteiger partial charge in [-0.1, -0.05) is 0 Å². The number of rotatable bonds is 2. The Kier molecular flexibility index (Phi) is 2.67. The molecule has 1 aliphatic heterocycles. The summed E-state index contributed by atoms with van der Waals surface area (Å²) in [5.74, 6) is -0.245. The summed E-state index contributed by atoms with van der Waals surface area (Å²) in [6.45, 7) is 0.601. The highest BCUT2D eigenvalue weighted by molar-refractivity contribution is 5.34. The number of nitrogens with one attached hydrogen (secondary N) is 1. The molecule has 2 atom stereocenters. The molecule has 18 heavy (non-hydrogen) atoms. The first-order valence-electron chi connectivity index (χ1n) is 5.82. The number of nitrogen functional groups attached to an aromatic ring is 1. The monoisotopic (exact) mass is 250 g/mol. The first-order valence-corrected chi connectivity index (χ1v) is 5.82. The molecule has 1 saturated heterocycles. The van der Waals surface area contributed by atoms with Gasteiger partial charge in [-0.15, -0.1) is 5.10 Å². The Bertz CT molecular complexity index is 585. The molecule has 7 nitrogen and oxygen atoms in total. The molecule has 0 radical (unpaired) electrons. The maximum absolute atomic E-state index is 10.9. The van der Waals surface area contributed by atoms with E-state index in [0.29, 0.717) is 18.9 Å². The van der Waals surface area contributed by atoms with Crippen molar-refractivity contribution >= 4 is 5.69 Å². The van der Waals surface area contributed by atoms with Crippen LogP contribution in [0.25, 0.3) is 0 Å². The van der Waals surface area contributed by atoms with Crippen LogP contribution in [0.1, 0.15) is 30.9 Å². The Morgan fingerprint density at radius 1 is 1.56 bits per heavy atom. The maximum atomic E-state index is 10.9. The van der Waals surface area contributed by atoms with E-state index in [2.05, 4.69) is 14.8 Å². The quantitative estimate of drug-likeness (QED) is 0.822. The molecule has 0 aliphatic carbocycles. The summed E-state index contributed by atoms with van der Waals surface area (Å²) in [6.07, 6.45) is 5.17. The molecule has 1 fully saturated rings. The molecule has 0 bridgehead atoms. The Morgan fingerprint density at radius 2 is 2.44 bits per heavy atom. The first-order chi connectivity index (χ1) is 8.72. The van der Waals surface area contributed by atoms with Gasteiger partial charge in [0.25, 0.3) is 0 Å². The van der Waals surface area contributed by atoms with Gasteiger partial charge in [0.05, 0.1) is 0 Å². The van der Waals surface area contributed by atoms with Crippen LogP contribution < -0.4 is 11.5 Å². The minimum atomic E-state index is -0.555. The van der Waals surface area contributed by atoms with E-state index in [1.54, 1.807) is 0 Å². The van der Waals surface area contributed by atoms with E-state index < -0.39 is 5.76 Å². The van der Waals surface area contributed by atoms with Gasteiger partial charge in [0.1, 0.15) is 6.10 Å². The fourth-order valence-electron chi connectivity index (χ4n) is 2.26. The Hall–Kier alpha value is -2.02. The minimum absolute atomic E-state index is 0.281. The third-order valence-electron chi connectivity index (χ3n) is 3.15. The zero-order chi connectivity index (χ0) is 12.5. The molecule has 0 spiro atoms. The van der Waals surface area contributed by atoms with Crippen LogP contribution in [0.3, 0.4) is 0 Å². The second kappa shape index (κ2) is 4.34. The van der Waals surface area contributed by atoms with Crippen molar-refractivity contribution in [3.63, 3.8) is 0 Å². The van der Waals surface area contributed by atoms with Crippen LogP contribution in [0.4, 0.5) is 5.69 Å². The smallest absolute Gasteiger partial charge is 0.398 e. The Labute approximate surface area is 103 Å². The van der Waals surface area contributed by atoms with E-state index in [4.69, 9.17) is 14.9 Å². The number of nitrogens with zero attached hydrogens (tertiary/aromatic N) is 2. The van der Waals surface area contributed by atoms with Gasteiger partial charge < -0.3 is 19.5 Å². The van der Waals surface area contributed by atoms with Crippen molar-refractivity contribution in [1.29, 1.82) is 0 Å². The summed E-state index contributed by atoms with van der Waals surface area (Å²) < 4.78 is 12.6. The highest BCUT2D eigenvalue weighted by Gasteiger charge is 2.28. The maximum Gasteiger partial charge on any atom is 0.434 e. The number of H-pyrrole nitrogens is 1. The van der Waals surface area contributed by atoms with Crippen LogP contribution in [-0.4, -0.2) is 21.4 Å². The summed E-state index contributed by atoms with van der Waals surface area (Å²) in [7, 11) is 0. The van der Waals surface area contributed by atoms with Crippen molar-refractivity contribution in [3.05, 3.63) is 34.9 Å². The van der Waals surface area contributed by atoms with Crippen LogP contribution in [-0.2, 0) is 4.74 Å². The van der Waals surface area contributed by atoms with Crippen LogP contribution in [0.5, 0.6) is 0 Å². The van der Waals surface area contributed by atoms with E-state index in [1.807, 2.05) is 18.5 Å². The Morgan fingerprint density at radius 3 is 3.11 bits per heavy atom. The van der Waals surface area contributed by atoms with Gasteiger partial charge in [0.15, 0.2) is 0 Å². The molecule has 96 valence electrons. The summed E-state index contributed by atoms with van der Waals surface area (Å²) in [5.41, 5.74) is 6.45. The average Bonchev–Trinajstić information content (AvgIpc) is 2.98. The lowest BCUT2D eigenvalue weighted by Crippen LogP contribution is -2.22. The summed E-state index contributed by atoms with van der Waals surface area (Å²) in [4.78, 5) is 10.9. The highest BCUT2D eigenvalue weighted by Crippen LogP contribution is 2.33. The summed E-state index contributed by atoms with van der Waals surface area (Å²) >= 11 is 0. The van der Waals surface area contributed by atoms with Crippen molar-refractivity contribution < 1.29 is 9.15 Å². The van der Waals surface area contributed by atoms with Gasteiger partial charge in [0.2, 0.25) is 5.89 Å². The number of aromatic nitrogens is 3. The van der Waals surface area contributed by atoms with E-state index in [9.17, 15) is 4.79 Å². The van der Waals surface area contributed by atoms with Gasteiger partial charge in [-0.3, -0.25) is 0 Å². The second-order valence-electron chi connectivity index (χ2n) is 4.38. The molecule has 2 aromatic heterocycles. The van der Waals surface area contributed by atoms with Crippen molar-refractivity contribution in [1.82, 2.24) is 14.8 Å². The lowest BCUT2D eigenvalue weighted by Gasteiger charge is -2.28. The predicted molar refractivity (Wildman–Crippen MR) is 62.9 cm³/mol. The summed E-state index contributed by atoms with van der Waals surface area (Å²) in [6, 6.07) is 2.14. The van der Waals surface area contributed by atoms with Crippen LogP contribution in [0.2, 0.25) is 0 Å². The number of hydrogen-bond donors (Lipinski definition) is 2. The Balaban J connectivity index is 1.78. The first kappa shape index (κ1) is 11.1. The van der Waals surface area contributed by atoms with Crippen LogP contribution in [0, 0.1) is 0 Å². The number of ether oxygens (including phenoxy) is 1. The van der Waals surface area contributed by atoms with Crippen molar-refractivity contribution in [2.24, 2.45) is 0 Å². The van der Waals surface area contributed by atoms with E-state index in [0.717, 1.165) is 12.1 Å². The molecule has 0 aromatic carbocycles. The zero-order valence-corrected chi connectivity index (χ0v) is 9.70. The van der Waals surface area contributed by atoms with Gasteiger partial charge >= 0.3 is 5.76 Å². The van der Waals surface area contributed by atoms with Crippen molar-refractivity contribution in [2.75, 3.05) is 12.3 Å². The molecule has 3 N–H and O–H groups in total. The van der Waals surface area contributed by atoms with E-state index >= 15 is 0 Å². The third kappa shape index (κ3) is 2.04. The summed E-state index contributed by atoms with van der Waals surface area (Å²) in [5, 5.41) is 6.06. The fraction of sp³-hybridized carbons (Fsp3) is 0.455. The molecule has 1 aliphatic rings. The van der Waals surface area contributed by atoms with Crippen LogP contribution in [0.15, 0.2) is 27.7 Å². The largest absolute Gasteiger partial charge is 0.434 e. The number of aromatic amines is 1. The molecule has 3 heterocycles. The standard InChI is InChI=1S/C11H14N4O3/c12-7-1-3-15(6-7)8-2-4-17-9(5-8)10-13-14-11(16)18-10/h1,3,6,8-9H,2,4-5,12H2,(H,14,16). The average molecular weight is 250 g/mol. The topological polar surface area (TPSA) is 99.1 Å². The van der Waals surface area contributed by atoms with Gasteiger partial charge in [-0.25, -0.2) is 9.89 Å². The van der Waals surface area contributed by atoms with Crippen molar-refractivity contribution in [2.45, 2.75) is 25.0 Å². The molecular weight excluding hydrogens is 236 g/mol. The SMILES string of the molecule is Nc1ccn(C2CCOC(c3n[nH]c(=O)o3)C2)c1. The molecule has 0 amide bonds. The molecule has 2 aromatic rings. The molecular formula is C11H14N4O3. The van der Waals surface area contributed by atoms with Gasteiger partial charge in [-0.2, -0.15) is 0 Å². The third-order valence-corrected chi connectivity index (χ3v) is 3.15. The molecule has 3 rings (SSSR count). The normalized spacial score (nSPS) is 24.2. The van der Waals surface area contributed by atoms with Crippen molar-refractivity contribution in [3.8, 4) is 0 Å². The predicted octanol–water partition coefficient (Wildman–Crippen LogP) is 0.839. The van der Waals surface area contributed by atoms with Crippen LogP contribution >= 0.6 is 0 Å². The lowest BCUT2D eigenvalue weighted by atomic mass is 10.0. The van der Waals surface area contributed by atoms with Gasteiger partial charge in [0, 0.05) is 37.2 Å². The highest BCUT2D eigenvalue weighted by atomic mass is 16.5. The van der Waals surface area contributed by atoms with Gasteiger partial charge in [-0.05, 0) is 12.5 Å². The second-order valence-corrected chi connectivity index (χ2v) is 4.38. The van der Waals surface area contributed by atoms with E-state index in [1.165, 1.54) is 0 Å². The lowest BCUT2D eigenvalue weighted by molar-refractivity contribution is -0.0223. The zero-order valence-electron chi connectivity index (χ0n) is 9.70. The minimum Gasteiger partial charge on any atom is -0.398 e. The fourth-order valence-corrected chi connectivity index (χ4v) is 2.26. The van der Waals surface area contributed by atoms with E-state index in [-0.39, 0.29) is 12.1 Å². The molecule has 2 unspecified atom stereocenters. The molecule has 0 saturated carbocycles.